The minimum absolute atomic E-state index is 0.669. The largest absolute Gasteiger partial charge is 0.361 e. The number of hydrogen-bond acceptors (Lipinski definition) is 0. The van der Waals surface area contributed by atoms with Crippen LogP contribution >= 0.6 is 15.9 Å². The van der Waals surface area contributed by atoms with E-state index in [1.165, 1.54) is 0 Å². The highest BCUT2D eigenvalue weighted by molar-refractivity contribution is 9.10. The van der Waals surface area contributed by atoms with E-state index >= 15 is 0 Å². The van der Waals surface area contributed by atoms with E-state index in [-0.39, 0.29) is 0 Å². The zero-order valence-electron chi connectivity index (χ0n) is 12.0. The Morgan fingerprint density at radius 2 is 1.52 bits per heavy atom. The van der Waals surface area contributed by atoms with E-state index in [0.717, 1.165) is 26.3 Å². The first-order chi connectivity index (χ1) is 11.2. The lowest BCUT2D eigenvalue weighted by molar-refractivity contribution is 1.47. The maximum absolute atomic E-state index is 6.84. The number of rotatable bonds is 0. The summed E-state index contributed by atoms with van der Waals surface area (Å²) in [6.07, 6.45) is 3.75. The molecular weight excluding hydrogens is 352 g/mol. The Bertz CT molecular complexity index is 1060. The first-order valence-corrected chi connectivity index (χ1v) is 7.59. The predicted molar refractivity (Wildman–Crippen MR) is 96.8 cm³/mol. The van der Waals surface area contributed by atoms with Crippen molar-refractivity contribution in [1.82, 2.24) is 9.97 Å². The summed E-state index contributed by atoms with van der Waals surface area (Å²) in [4.78, 5) is 12.9. The monoisotopic (exact) mass is 362 g/mol. The molecule has 0 amide bonds. The van der Waals surface area contributed by atoms with Crippen molar-refractivity contribution in [2.45, 2.75) is 0 Å². The number of aromatic amines is 2. The number of nitrogens with one attached hydrogen (secondary N) is 2. The first kappa shape index (κ1) is 14.9. The maximum atomic E-state index is 6.84. The summed E-state index contributed by atoms with van der Waals surface area (Å²) in [6.45, 7) is 13.6. The van der Waals surface area contributed by atoms with Crippen molar-refractivity contribution in [1.29, 1.82) is 0 Å². The van der Waals surface area contributed by atoms with Gasteiger partial charge in [0, 0.05) is 33.3 Å². The first-order valence-electron chi connectivity index (χ1n) is 6.80. The predicted octanol–water partition coefficient (Wildman–Crippen LogP) is 6.20. The van der Waals surface area contributed by atoms with Gasteiger partial charge in [-0.2, -0.15) is 0 Å². The molecule has 23 heavy (non-hydrogen) atoms. The summed E-state index contributed by atoms with van der Waals surface area (Å²) < 4.78 is 1.00. The van der Waals surface area contributed by atoms with Gasteiger partial charge in [-0.15, -0.1) is 0 Å². The highest BCUT2D eigenvalue weighted by Gasteiger charge is 2.00. The van der Waals surface area contributed by atoms with Gasteiger partial charge in [-0.25, -0.2) is 9.69 Å². The van der Waals surface area contributed by atoms with Gasteiger partial charge in [-0.1, -0.05) is 12.1 Å². The number of hydrogen-bond donors (Lipinski definition) is 2. The van der Waals surface area contributed by atoms with Gasteiger partial charge in [0.15, 0.2) is 11.4 Å². The van der Waals surface area contributed by atoms with E-state index in [9.17, 15) is 0 Å². The van der Waals surface area contributed by atoms with Crippen LogP contribution < -0.4 is 0 Å². The summed E-state index contributed by atoms with van der Waals surface area (Å²) in [5.74, 6) is 0. The van der Waals surface area contributed by atoms with Crippen molar-refractivity contribution < 1.29 is 0 Å². The Balaban J connectivity index is 0.000000136. The summed E-state index contributed by atoms with van der Waals surface area (Å²) >= 11 is 3.40. The molecule has 0 fully saturated rings. The van der Waals surface area contributed by atoms with Gasteiger partial charge in [0.25, 0.3) is 0 Å². The van der Waals surface area contributed by atoms with Crippen LogP contribution in [0.5, 0.6) is 0 Å². The van der Waals surface area contributed by atoms with Crippen LogP contribution in [0.3, 0.4) is 0 Å². The Hall–Kier alpha value is -3.02. The normalized spacial score (nSPS) is 9.87. The summed E-state index contributed by atoms with van der Waals surface area (Å²) in [7, 11) is 0. The second-order valence-electron chi connectivity index (χ2n) is 4.84. The Labute approximate surface area is 141 Å². The highest BCUT2D eigenvalue weighted by Crippen LogP contribution is 2.27. The fourth-order valence-electron chi connectivity index (χ4n) is 2.25. The Morgan fingerprint density at radius 3 is 2.26 bits per heavy atom. The lowest BCUT2D eigenvalue weighted by Gasteiger charge is -1.90. The smallest absolute Gasteiger partial charge is 0.188 e. The molecule has 2 N–H and O–H groups in total. The molecule has 0 aliphatic heterocycles. The molecule has 0 atom stereocenters. The van der Waals surface area contributed by atoms with Gasteiger partial charge in [-0.3, -0.25) is 0 Å². The number of fused-ring (bicyclic) bond motifs is 2. The minimum Gasteiger partial charge on any atom is -0.361 e. The number of aromatic nitrogens is 2. The zero-order chi connectivity index (χ0) is 16.2. The van der Waals surface area contributed by atoms with Gasteiger partial charge in [-0.05, 0) is 51.6 Å². The van der Waals surface area contributed by atoms with E-state index in [2.05, 4.69) is 35.6 Å². The minimum atomic E-state index is 0.669. The van der Waals surface area contributed by atoms with E-state index in [1.54, 1.807) is 6.07 Å². The number of halogens is 1. The van der Waals surface area contributed by atoms with E-state index in [1.807, 2.05) is 48.8 Å². The van der Waals surface area contributed by atoms with Gasteiger partial charge >= 0.3 is 0 Å². The summed E-state index contributed by atoms with van der Waals surface area (Å²) in [6, 6.07) is 13.1. The standard InChI is InChI=1S/C9H5BrN2.C9H6N2/c1-11-6-2-3-9-7(4-6)8(10)5-12-9;1-10-8-2-3-9-7(6-8)4-5-11-9/h2-5,12H;2-6,11H. The fourth-order valence-corrected chi connectivity index (χ4v) is 2.70. The third-order valence-corrected chi connectivity index (χ3v) is 4.07. The lowest BCUT2D eigenvalue weighted by atomic mass is 10.2. The molecular formula is C18H11BrN4. The molecule has 0 saturated carbocycles. The molecule has 4 aromatic rings. The third kappa shape index (κ3) is 3.11. The van der Waals surface area contributed by atoms with Crippen molar-refractivity contribution in [3.63, 3.8) is 0 Å². The van der Waals surface area contributed by atoms with Crippen LogP contribution in [0.25, 0.3) is 31.5 Å². The maximum Gasteiger partial charge on any atom is 0.188 e. The van der Waals surface area contributed by atoms with Crippen molar-refractivity contribution >= 4 is 49.1 Å². The molecule has 2 aromatic heterocycles. The average Bonchev–Trinajstić information content (AvgIpc) is 3.21. The second kappa shape index (κ2) is 6.39. The number of H-pyrrole nitrogens is 2. The van der Waals surface area contributed by atoms with Crippen molar-refractivity contribution in [2.75, 3.05) is 0 Å². The average molecular weight is 363 g/mol. The molecule has 2 heterocycles. The van der Waals surface area contributed by atoms with Crippen molar-refractivity contribution in [3.8, 4) is 0 Å². The molecule has 0 saturated heterocycles. The molecule has 110 valence electrons. The van der Waals surface area contributed by atoms with Crippen LogP contribution in [0.2, 0.25) is 0 Å². The molecule has 2 aromatic carbocycles. The molecule has 4 rings (SSSR count). The van der Waals surface area contributed by atoms with Crippen LogP contribution in [-0.4, -0.2) is 9.97 Å². The van der Waals surface area contributed by atoms with Gasteiger partial charge in [0.05, 0.1) is 13.1 Å². The molecule has 5 heteroatoms. The van der Waals surface area contributed by atoms with Crippen LogP contribution in [0.4, 0.5) is 11.4 Å². The molecule has 0 radical (unpaired) electrons. The molecule has 0 aliphatic carbocycles. The molecule has 0 bridgehead atoms. The van der Waals surface area contributed by atoms with Gasteiger partial charge in [0.1, 0.15) is 0 Å². The number of nitrogens with zero attached hydrogens (tertiary/aromatic N) is 2. The molecule has 4 nitrogen and oxygen atoms in total. The van der Waals surface area contributed by atoms with Crippen LogP contribution in [0.15, 0.2) is 59.3 Å². The van der Waals surface area contributed by atoms with Crippen LogP contribution in [-0.2, 0) is 0 Å². The van der Waals surface area contributed by atoms with Crippen LogP contribution in [0.1, 0.15) is 0 Å². The zero-order valence-corrected chi connectivity index (χ0v) is 13.6. The Morgan fingerprint density at radius 1 is 0.826 bits per heavy atom. The van der Waals surface area contributed by atoms with Crippen molar-refractivity contribution in [2.24, 2.45) is 0 Å². The highest BCUT2D eigenvalue weighted by atomic mass is 79.9. The second-order valence-corrected chi connectivity index (χ2v) is 5.69. The molecule has 0 aliphatic rings. The summed E-state index contributed by atoms with van der Waals surface area (Å²) in [5, 5.41) is 2.15. The summed E-state index contributed by atoms with van der Waals surface area (Å²) in [5.41, 5.74) is 3.49. The van der Waals surface area contributed by atoms with Crippen LogP contribution in [0, 0.1) is 13.1 Å². The van der Waals surface area contributed by atoms with E-state index < -0.39 is 0 Å². The lowest BCUT2D eigenvalue weighted by Crippen LogP contribution is -1.65. The van der Waals surface area contributed by atoms with Crippen molar-refractivity contribution in [3.05, 3.63) is 82.2 Å². The topological polar surface area (TPSA) is 40.3 Å². The molecule has 0 unspecified atom stereocenters. The fraction of sp³-hybridized carbons (Fsp3) is 0. The van der Waals surface area contributed by atoms with E-state index in [4.69, 9.17) is 13.1 Å². The quantitative estimate of drug-likeness (QED) is 0.349. The SMILES string of the molecule is [C-]#[N+]c1ccc2[nH]cc(Br)c2c1.[C-]#[N+]c1ccc2[nH]ccc2c1. The molecule has 0 spiro atoms. The number of benzene rings is 2. The van der Waals surface area contributed by atoms with E-state index in [0.29, 0.717) is 11.4 Å². The van der Waals surface area contributed by atoms with Gasteiger partial charge < -0.3 is 9.97 Å². The Kier molecular flexibility index (Phi) is 4.14. The third-order valence-electron chi connectivity index (χ3n) is 3.41. The van der Waals surface area contributed by atoms with Gasteiger partial charge in [0.2, 0.25) is 0 Å².